The number of nitro groups is 1. The van der Waals surface area contributed by atoms with Crippen LogP contribution in [0.25, 0.3) is 0 Å². The largest absolute Gasteiger partial charge is 0.415 e. The molecule has 2 rings (SSSR count). The molecular weight excluding hydrogens is 448 g/mol. The predicted octanol–water partition coefficient (Wildman–Crippen LogP) is 5.17. The van der Waals surface area contributed by atoms with Crippen LogP contribution in [0.2, 0.25) is 39.3 Å². The Morgan fingerprint density at radius 2 is 1.52 bits per heavy atom. The molecule has 1 aromatic heterocycles. The van der Waals surface area contributed by atoms with Gasteiger partial charge in [-0.15, -0.1) is 0 Å². The van der Waals surface area contributed by atoms with Gasteiger partial charge in [0.25, 0.3) is 5.69 Å². The zero-order valence-electron chi connectivity index (χ0n) is 19.3. The Morgan fingerprint density at radius 1 is 0.903 bits per heavy atom. The van der Waals surface area contributed by atoms with Crippen molar-refractivity contribution in [3.63, 3.8) is 0 Å². The van der Waals surface area contributed by atoms with Crippen molar-refractivity contribution in [2.45, 2.75) is 59.4 Å². The molecule has 11 heteroatoms. The van der Waals surface area contributed by atoms with Crippen molar-refractivity contribution in [1.82, 2.24) is 4.98 Å². The summed E-state index contributed by atoms with van der Waals surface area (Å²) in [4.78, 5) is 14.9. The maximum absolute atomic E-state index is 11.2. The fourth-order valence-electron chi connectivity index (χ4n) is 3.28. The van der Waals surface area contributed by atoms with Crippen LogP contribution in [0.3, 0.4) is 0 Å². The Balaban J connectivity index is 1.96. The van der Waals surface area contributed by atoms with E-state index >= 15 is 0 Å². The number of hydrogen-bond donors (Lipinski definition) is 0. The van der Waals surface area contributed by atoms with Crippen molar-refractivity contribution >= 4 is 31.4 Å². The van der Waals surface area contributed by atoms with Gasteiger partial charge in [-0.25, -0.2) is 0 Å². The van der Waals surface area contributed by atoms with Crippen LogP contribution in [-0.4, -0.2) is 35.6 Å². The van der Waals surface area contributed by atoms with Gasteiger partial charge in [0.2, 0.25) is 0 Å². The number of aromatic nitrogens is 1. The highest BCUT2D eigenvalue weighted by atomic mass is 28.5. The molecule has 0 bridgehead atoms. The average Bonchev–Trinajstić information content (AvgIpc) is 2.64. The first-order valence-electron chi connectivity index (χ1n) is 10.1. The molecule has 170 valence electrons. The summed E-state index contributed by atoms with van der Waals surface area (Å²) in [6.45, 7) is 14.4. The third-order valence-electron chi connectivity index (χ3n) is 4.48. The normalized spacial score (nSPS) is 12.7. The Labute approximate surface area is 187 Å². The van der Waals surface area contributed by atoms with E-state index in [1.54, 1.807) is 25.4 Å². The van der Waals surface area contributed by atoms with Crippen LogP contribution in [0.4, 0.5) is 5.69 Å². The van der Waals surface area contributed by atoms with E-state index < -0.39 is 25.7 Å². The molecule has 0 N–H and O–H groups in total. The number of nitro benzene ring substituents is 1. The van der Waals surface area contributed by atoms with Crippen molar-refractivity contribution in [3.05, 3.63) is 69.5 Å². The molecule has 0 aliphatic carbocycles. The Morgan fingerprint density at radius 3 is 2.06 bits per heavy atom. The second-order valence-electron chi connectivity index (χ2n) is 8.66. The van der Waals surface area contributed by atoms with Crippen molar-refractivity contribution in [2.75, 3.05) is 0 Å². The second-order valence-corrected chi connectivity index (χ2v) is 19.3. The molecule has 0 aliphatic rings. The molecule has 0 spiro atoms. The molecule has 0 aliphatic heterocycles. The Hall–Kier alpha value is -1.74. The third-order valence-corrected chi connectivity index (χ3v) is 14.0. The maximum Gasteiger partial charge on any atom is 0.323 e. The Bertz CT molecular complexity index is 894. The number of benzene rings is 1. The average molecular weight is 481 g/mol. The summed E-state index contributed by atoms with van der Waals surface area (Å²) in [5.41, 5.74) is 2.49. The fraction of sp³-hybridized carbons (Fsp3) is 0.450. The first-order chi connectivity index (χ1) is 14.3. The van der Waals surface area contributed by atoms with Gasteiger partial charge in [-0.3, -0.25) is 15.1 Å². The third kappa shape index (κ3) is 8.37. The standard InChI is InChI=1S/C20H32N2O6Si3/c1-17-19(11-8-12-20(17)22(23)24)16-26-30(4,5)28-31(6,7)27-29(2,3)25-15-18-10-9-13-21-14-18/h8-14H,15-16H2,1-7H3. The zero-order valence-corrected chi connectivity index (χ0v) is 22.3. The highest BCUT2D eigenvalue weighted by Gasteiger charge is 2.42. The monoisotopic (exact) mass is 480 g/mol. The summed E-state index contributed by atoms with van der Waals surface area (Å²) in [6, 6.07) is 8.86. The number of nitrogens with zero attached hydrogens (tertiary/aromatic N) is 2. The molecule has 0 saturated carbocycles. The maximum atomic E-state index is 11.2. The molecule has 0 unspecified atom stereocenters. The van der Waals surface area contributed by atoms with Gasteiger partial charge < -0.3 is 17.1 Å². The van der Waals surface area contributed by atoms with Gasteiger partial charge in [-0.2, -0.15) is 0 Å². The topological polar surface area (TPSA) is 93.0 Å². The van der Waals surface area contributed by atoms with Crippen molar-refractivity contribution in [2.24, 2.45) is 0 Å². The molecule has 31 heavy (non-hydrogen) atoms. The molecule has 1 aromatic carbocycles. The zero-order chi connectivity index (χ0) is 23.3. The van der Waals surface area contributed by atoms with Gasteiger partial charge in [0.05, 0.1) is 18.1 Å². The van der Waals surface area contributed by atoms with Crippen molar-refractivity contribution in [3.8, 4) is 0 Å². The molecule has 0 saturated heterocycles. The summed E-state index contributed by atoms with van der Waals surface area (Å²) in [5, 5.41) is 11.2. The Kier molecular flexibility index (Phi) is 8.44. The van der Waals surface area contributed by atoms with E-state index in [4.69, 9.17) is 17.1 Å². The smallest absolute Gasteiger partial charge is 0.323 e. The van der Waals surface area contributed by atoms with E-state index in [1.807, 2.05) is 57.5 Å². The van der Waals surface area contributed by atoms with Crippen LogP contribution >= 0.6 is 0 Å². The quantitative estimate of drug-likeness (QED) is 0.249. The highest BCUT2D eigenvalue weighted by Crippen LogP contribution is 2.26. The lowest BCUT2D eigenvalue weighted by atomic mass is 10.1. The summed E-state index contributed by atoms with van der Waals surface area (Å²) >= 11 is 0. The van der Waals surface area contributed by atoms with E-state index in [1.165, 1.54) is 6.07 Å². The number of hydrogen-bond acceptors (Lipinski definition) is 7. The van der Waals surface area contributed by atoms with Crippen molar-refractivity contribution < 1.29 is 22.0 Å². The SMILES string of the molecule is Cc1c(CO[Si](C)(C)O[Si](C)(C)O[Si](C)(C)OCc2cccnc2)cccc1[N+](=O)[O-]. The van der Waals surface area contributed by atoms with Gasteiger partial charge in [0, 0.05) is 24.0 Å². The van der Waals surface area contributed by atoms with E-state index in [0.717, 1.165) is 11.1 Å². The molecule has 1 heterocycles. The molecule has 2 aromatic rings. The predicted molar refractivity (Wildman–Crippen MR) is 126 cm³/mol. The fourth-order valence-corrected chi connectivity index (χ4v) is 14.8. The van der Waals surface area contributed by atoms with Gasteiger partial charge in [0.15, 0.2) is 0 Å². The van der Waals surface area contributed by atoms with E-state index in [9.17, 15) is 10.1 Å². The van der Waals surface area contributed by atoms with Gasteiger partial charge in [-0.05, 0) is 63.4 Å². The molecular formula is C20H32N2O6Si3. The first kappa shape index (κ1) is 25.5. The summed E-state index contributed by atoms with van der Waals surface area (Å²) in [6.07, 6.45) is 3.51. The minimum atomic E-state index is -2.55. The van der Waals surface area contributed by atoms with Gasteiger partial charge in [0.1, 0.15) is 0 Å². The summed E-state index contributed by atoms with van der Waals surface area (Å²) < 4.78 is 25.0. The van der Waals surface area contributed by atoms with E-state index in [0.29, 0.717) is 12.2 Å². The lowest BCUT2D eigenvalue weighted by Gasteiger charge is -2.37. The van der Waals surface area contributed by atoms with Crippen LogP contribution in [-0.2, 0) is 30.3 Å². The van der Waals surface area contributed by atoms with Crippen molar-refractivity contribution in [1.29, 1.82) is 0 Å². The van der Waals surface area contributed by atoms with Crippen LogP contribution in [0, 0.1) is 17.0 Å². The lowest BCUT2D eigenvalue weighted by molar-refractivity contribution is -0.385. The van der Waals surface area contributed by atoms with E-state index in [-0.39, 0.29) is 17.2 Å². The highest BCUT2D eigenvalue weighted by molar-refractivity contribution is 6.84. The number of pyridine rings is 1. The summed E-state index contributed by atoms with van der Waals surface area (Å²) in [7, 11) is -7.53. The molecule has 8 nitrogen and oxygen atoms in total. The van der Waals surface area contributed by atoms with Gasteiger partial charge in [-0.1, -0.05) is 18.2 Å². The minimum Gasteiger partial charge on any atom is -0.415 e. The van der Waals surface area contributed by atoms with Crippen LogP contribution < -0.4 is 0 Å². The molecule has 0 amide bonds. The number of rotatable bonds is 11. The lowest BCUT2D eigenvalue weighted by Crippen LogP contribution is -2.54. The van der Waals surface area contributed by atoms with Crippen LogP contribution in [0.5, 0.6) is 0 Å². The first-order valence-corrected chi connectivity index (χ1v) is 18.6. The van der Waals surface area contributed by atoms with Crippen LogP contribution in [0.1, 0.15) is 16.7 Å². The van der Waals surface area contributed by atoms with Gasteiger partial charge >= 0.3 is 25.7 Å². The molecule has 0 atom stereocenters. The van der Waals surface area contributed by atoms with Crippen LogP contribution in [0.15, 0.2) is 42.7 Å². The second kappa shape index (κ2) is 10.3. The van der Waals surface area contributed by atoms with E-state index in [2.05, 4.69) is 4.98 Å². The summed E-state index contributed by atoms with van der Waals surface area (Å²) in [5.74, 6) is 0. The molecule has 0 radical (unpaired) electrons. The minimum absolute atomic E-state index is 0.0954. The molecule has 0 fully saturated rings.